The third-order valence-corrected chi connectivity index (χ3v) is 3.34. The first-order valence-corrected chi connectivity index (χ1v) is 6.07. The van der Waals surface area contributed by atoms with E-state index >= 15 is 0 Å². The van der Waals surface area contributed by atoms with Gasteiger partial charge in [-0.2, -0.15) is 0 Å². The maximum Gasteiger partial charge on any atom is 0.153 e. The zero-order valence-electron chi connectivity index (χ0n) is 6.75. The van der Waals surface area contributed by atoms with Crippen LogP contribution in [-0.4, -0.2) is 19.3 Å². The highest BCUT2D eigenvalue weighted by Crippen LogP contribution is 2.11. The first-order valence-electron chi connectivity index (χ1n) is 3.88. The van der Waals surface area contributed by atoms with Gasteiger partial charge < -0.3 is 4.55 Å². The standard InChI is InChI=1S/C7H15BrO2S/c1-2-3-4-5-7(8)6-11(9)10/h7H,2-6H2,1H3,(H,9,10). The van der Waals surface area contributed by atoms with Gasteiger partial charge in [0.1, 0.15) is 0 Å². The van der Waals surface area contributed by atoms with Crippen LogP contribution in [0, 0.1) is 0 Å². The molecule has 0 saturated carbocycles. The Bertz CT molecular complexity index is 119. The SMILES string of the molecule is CCCCCC(Br)CS(=O)O. The third kappa shape index (κ3) is 8.50. The number of halogens is 1. The number of alkyl halides is 1. The molecule has 2 atom stereocenters. The fourth-order valence-corrected chi connectivity index (χ4v) is 2.33. The number of unbranched alkanes of at least 4 members (excludes halogenated alkanes) is 2. The molecule has 0 saturated heterocycles. The molecule has 0 radical (unpaired) electrons. The molecule has 0 aromatic heterocycles. The van der Waals surface area contributed by atoms with Crippen LogP contribution >= 0.6 is 15.9 Å². The van der Waals surface area contributed by atoms with Crippen molar-refractivity contribution in [3.63, 3.8) is 0 Å². The predicted octanol–water partition coefficient (Wildman–Crippen LogP) is 2.55. The van der Waals surface area contributed by atoms with Crippen LogP contribution in [0.3, 0.4) is 0 Å². The molecular weight excluding hydrogens is 228 g/mol. The van der Waals surface area contributed by atoms with Gasteiger partial charge in [0, 0.05) is 4.83 Å². The highest BCUT2D eigenvalue weighted by Gasteiger charge is 2.06. The first-order chi connectivity index (χ1) is 5.16. The molecule has 0 rings (SSSR count). The molecule has 1 N–H and O–H groups in total. The van der Waals surface area contributed by atoms with Crippen LogP contribution in [0.5, 0.6) is 0 Å². The molecule has 0 spiro atoms. The Hall–Kier alpha value is 0.590. The van der Waals surface area contributed by atoms with E-state index in [1.54, 1.807) is 0 Å². The molecule has 4 heteroatoms. The molecule has 68 valence electrons. The van der Waals surface area contributed by atoms with Crippen LogP contribution in [0.2, 0.25) is 0 Å². The Kier molecular flexibility index (Phi) is 7.64. The smallest absolute Gasteiger partial charge is 0.153 e. The second-order valence-corrected chi connectivity index (χ2v) is 4.85. The molecule has 2 nitrogen and oxygen atoms in total. The van der Waals surface area contributed by atoms with Crippen molar-refractivity contribution in [2.75, 3.05) is 5.75 Å². The van der Waals surface area contributed by atoms with Crippen molar-refractivity contribution in [1.29, 1.82) is 0 Å². The quantitative estimate of drug-likeness (QED) is 0.442. The molecule has 0 aliphatic carbocycles. The summed E-state index contributed by atoms with van der Waals surface area (Å²) >= 11 is 1.71. The van der Waals surface area contributed by atoms with Gasteiger partial charge in [0.15, 0.2) is 11.1 Å². The van der Waals surface area contributed by atoms with Crippen molar-refractivity contribution in [1.82, 2.24) is 0 Å². The zero-order chi connectivity index (χ0) is 8.69. The van der Waals surface area contributed by atoms with Crippen LogP contribution in [0.1, 0.15) is 32.6 Å². The zero-order valence-corrected chi connectivity index (χ0v) is 9.16. The van der Waals surface area contributed by atoms with E-state index in [4.69, 9.17) is 4.55 Å². The van der Waals surface area contributed by atoms with Crippen molar-refractivity contribution in [2.24, 2.45) is 0 Å². The lowest BCUT2D eigenvalue weighted by Gasteiger charge is -2.05. The molecule has 0 fully saturated rings. The van der Waals surface area contributed by atoms with E-state index in [2.05, 4.69) is 22.9 Å². The normalized spacial score (nSPS) is 16.3. The van der Waals surface area contributed by atoms with Crippen LogP contribution in [0.25, 0.3) is 0 Å². The average Bonchev–Trinajstić information content (AvgIpc) is 1.86. The van der Waals surface area contributed by atoms with E-state index in [0.29, 0.717) is 5.75 Å². The number of hydrogen-bond acceptors (Lipinski definition) is 1. The molecule has 0 aliphatic heterocycles. The second-order valence-electron chi connectivity index (χ2n) is 2.58. The maximum absolute atomic E-state index is 10.3. The van der Waals surface area contributed by atoms with Crippen molar-refractivity contribution in [3.05, 3.63) is 0 Å². The summed E-state index contributed by atoms with van der Waals surface area (Å²) in [5.74, 6) is 0.351. The molecule has 0 aromatic carbocycles. The van der Waals surface area contributed by atoms with Gasteiger partial charge in [-0.15, -0.1) is 0 Å². The van der Waals surface area contributed by atoms with E-state index in [1.807, 2.05) is 0 Å². The second kappa shape index (κ2) is 7.25. The molecule has 0 aromatic rings. The minimum atomic E-state index is -1.65. The Morgan fingerprint density at radius 2 is 2.18 bits per heavy atom. The highest BCUT2D eigenvalue weighted by molar-refractivity contribution is 9.09. The van der Waals surface area contributed by atoms with Crippen LogP contribution in [0.15, 0.2) is 0 Å². The topological polar surface area (TPSA) is 37.3 Å². The molecule has 2 unspecified atom stereocenters. The van der Waals surface area contributed by atoms with E-state index in [9.17, 15) is 4.21 Å². The van der Waals surface area contributed by atoms with E-state index in [0.717, 1.165) is 12.8 Å². The van der Waals surface area contributed by atoms with Crippen LogP contribution < -0.4 is 0 Å². The molecular formula is C7H15BrO2S. The Balaban J connectivity index is 3.22. The van der Waals surface area contributed by atoms with Crippen LogP contribution in [-0.2, 0) is 11.1 Å². The van der Waals surface area contributed by atoms with Crippen molar-refractivity contribution < 1.29 is 8.76 Å². The molecule has 0 amide bonds. The van der Waals surface area contributed by atoms with Crippen molar-refractivity contribution in [2.45, 2.75) is 37.4 Å². The summed E-state index contributed by atoms with van der Waals surface area (Å²) in [6.07, 6.45) is 4.55. The summed E-state index contributed by atoms with van der Waals surface area (Å²) < 4.78 is 18.8. The van der Waals surface area contributed by atoms with Gasteiger partial charge in [-0.25, -0.2) is 4.21 Å². The van der Waals surface area contributed by atoms with E-state index in [-0.39, 0.29) is 4.83 Å². The summed E-state index contributed by atoms with van der Waals surface area (Å²) in [6.45, 7) is 2.15. The first kappa shape index (κ1) is 11.6. The fourth-order valence-electron chi connectivity index (χ4n) is 0.854. The lowest BCUT2D eigenvalue weighted by atomic mass is 10.2. The Morgan fingerprint density at radius 1 is 1.55 bits per heavy atom. The van der Waals surface area contributed by atoms with Gasteiger partial charge >= 0.3 is 0 Å². The predicted molar refractivity (Wildman–Crippen MR) is 52.5 cm³/mol. The summed E-state index contributed by atoms with van der Waals surface area (Å²) in [6, 6.07) is 0. The summed E-state index contributed by atoms with van der Waals surface area (Å²) in [5.41, 5.74) is 0. The number of hydrogen-bond donors (Lipinski definition) is 1. The molecule has 0 aliphatic rings. The lowest BCUT2D eigenvalue weighted by Crippen LogP contribution is -2.09. The molecule has 0 heterocycles. The number of rotatable bonds is 6. The van der Waals surface area contributed by atoms with E-state index in [1.165, 1.54) is 12.8 Å². The lowest BCUT2D eigenvalue weighted by molar-refractivity contribution is 0.559. The van der Waals surface area contributed by atoms with Gasteiger partial charge in [0.25, 0.3) is 0 Å². The molecule has 0 bridgehead atoms. The summed E-state index contributed by atoms with van der Waals surface area (Å²) in [7, 11) is 0. The van der Waals surface area contributed by atoms with Crippen molar-refractivity contribution >= 4 is 27.0 Å². The summed E-state index contributed by atoms with van der Waals surface area (Å²) in [4.78, 5) is 0.208. The van der Waals surface area contributed by atoms with Gasteiger partial charge in [-0.05, 0) is 6.42 Å². The minimum absolute atomic E-state index is 0.208. The largest absolute Gasteiger partial charge is 0.306 e. The average molecular weight is 243 g/mol. The summed E-state index contributed by atoms with van der Waals surface area (Å²) in [5, 5.41) is 0. The molecule has 11 heavy (non-hydrogen) atoms. The van der Waals surface area contributed by atoms with Crippen molar-refractivity contribution in [3.8, 4) is 0 Å². The highest BCUT2D eigenvalue weighted by atomic mass is 79.9. The van der Waals surface area contributed by atoms with Gasteiger partial charge in [0.05, 0.1) is 5.75 Å². The van der Waals surface area contributed by atoms with Gasteiger partial charge in [-0.1, -0.05) is 42.1 Å². The monoisotopic (exact) mass is 242 g/mol. The fraction of sp³-hybridized carbons (Fsp3) is 1.00. The maximum atomic E-state index is 10.3. The minimum Gasteiger partial charge on any atom is -0.306 e. The van der Waals surface area contributed by atoms with Crippen LogP contribution in [0.4, 0.5) is 0 Å². The van der Waals surface area contributed by atoms with Gasteiger partial charge in [-0.3, -0.25) is 0 Å². The third-order valence-electron chi connectivity index (χ3n) is 1.44. The van der Waals surface area contributed by atoms with Gasteiger partial charge in [0.2, 0.25) is 0 Å². The Morgan fingerprint density at radius 3 is 2.64 bits per heavy atom. The Labute approximate surface area is 79.2 Å². The van der Waals surface area contributed by atoms with E-state index < -0.39 is 11.1 Å².